The maximum absolute atomic E-state index is 12.4. The fourth-order valence-electron chi connectivity index (χ4n) is 4.16. The van der Waals surface area contributed by atoms with Crippen LogP contribution in [-0.2, 0) is 4.79 Å². The zero-order valence-corrected chi connectivity index (χ0v) is 16.7. The number of piperazine rings is 1. The summed E-state index contributed by atoms with van der Waals surface area (Å²) in [5, 5.41) is 0. The summed E-state index contributed by atoms with van der Waals surface area (Å²) in [5.41, 5.74) is 0. The summed E-state index contributed by atoms with van der Waals surface area (Å²) in [6.45, 7) is 9.43. The third kappa shape index (κ3) is 5.34. The van der Waals surface area contributed by atoms with E-state index in [0.717, 1.165) is 58.5 Å². The Bertz CT molecular complexity index is 606. The highest BCUT2D eigenvalue weighted by atomic mass is 16.3. The Morgan fingerprint density at radius 3 is 2.63 bits per heavy atom. The van der Waals surface area contributed by atoms with Gasteiger partial charge in [-0.05, 0) is 43.7 Å². The van der Waals surface area contributed by atoms with Crippen molar-refractivity contribution < 1.29 is 14.0 Å². The molecule has 2 aliphatic rings. The molecule has 3 heterocycles. The van der Waals surface area contributed by atoms with Gasteiger partial charge in [0.15, 0.2) is 5.76 Å². The molecule has 150 valence electrons. The number of carbonyl (C=O) groups excluding carboxylic acids is 2. The average Bonchev–Trinajstić information content (AvgIpc) is 3.14. The van der Waals surface area contributed by atoms with E-state index in [2.05, 4.69) is 23.6 Å². The molecular weight excluding hydrogens is 342 g/mol. The lowest BCUT2D eigenvalue weighted by molar-refractivity contribution is -0.130. The number of hydrogen-bond acceptors (Lipinski definition) is 4. The molecule has 2 fully saturated rings. The lowest BCUT2D eigenvalue weighted by Gasteiger charge is -2.38. The Hall–Kier alpha value is -1.82. The molecule has 2 amide bonds. The number of carbonyl (C=O) groups is 2. The number of amides is 2. The highest BCUT2D eigenvalue weighted by Gasteiger charge is 2.30. The van der Waals surface area contributed by atoms with Crippen molar-refractivity contribution in [2.45, 2.75) is 52.0 Å². The molecule has 1 aromatic heterocycles. The van der Waals surface area contributed by atoms with Crippen molar-refractivity contribution in [2.24, 2.45) is 5.92 Å². The first-order valence-electron chi connectivity index (χ1n) is 10.4. The van der Waals surface area contributed by atoms with E-state index >= 15 is 0 Å². The Balaban J connectivity index is 1.46. The Morgan fingerprint density at radius 2 is 1.96 bits per heavy atom. The van der Waals surface area contributed by atoms with Gasteiger partial charge in [-0.2, -0.15) is 0 Å². The van der Waals surface area contributed by atoms with E-state index in [4.69, 9.17) is 4.42 Å². The third-order valence-electron chi connectivity index (χ3n) is 5.84. The molecule has 27 heavy (non-hydrogen) atoms. The average molecular weight is 376 g/mol. The van der Waals surface area contributed by atoms with E-state index < -0.39 is 0 Å². The summed E-state index contributed by atoms with van der Waals surface area (Å²) in [5.74, 6) is 1.40. The lowest BCUT2D eigenvalue weighted by Crippen LogP contribution is -2.52. The molecule has 1 atom stereocenters. The maximum Gasteiger partial charge on any atom is 0.289 e. The highest BCUT2D eigenvalue weighted by molar-refractivity contribution is 5.91. The molecule has 0 spiro atoms. The minimum Gasteiger partial charge on any atom is -0.459 e. The van der Waals surface area contributed by atoms with Crippen LogP contribution in [0.5, 0.6) is 0 Å². The Kier molecular flexibility index (Phi) is 6.94. The van der Waals surface area contributed by atoms with Gasteiger partial charge >= 0.3 is 0 Å². The van der Waals surface area contributed by atoms with Crippen molar-refractivity contribution in [3.05, 3.63) is 24.2 Å². The third-order valence-corrected chi connectivity index (χ3v) is 5.84. The van der Waals surface area contributed by atoms with Crippen LogP contribution >= 0.6 is 0 Å². The zero-order valence-electron chi connectivity index (χ0n) is 16.7. The quantitative estimate of drug-likeness (QED) is 0.767. The fraction of sp³-hybridized carbons (Fsp3) is 0.714. The van der Waals surface area contributed by atoms with Gasteiger partial charge in [0, 0.05) is 51.7 Å². The molecule has 0 aliphatic carbocycles. The molecule has 2 saturated heterocycles. The van der Waals surface area contributed by atoms with Crippen LogP contribution in [0.25, 0.3) is 0 Å². The first-order chi connectivity index (χ1) is 13.0. The topological polar surface area (TPSA) is 57.0 Å². The molecule has 2 aliphatic heterocycles. The second-order valence-electron chi connectivity index (χ2n) is 8.20. The Labute approximate surface area is 162 Å². The first kappa shape index (κ1) is 19.9. The van der Waals surface area contributed by atoms with Gasteiger partial charge in [0.25, 0.3) is 5.91 Å². The van der Waals surface area contributed by atoms with Gasteiger partial charge in [0.1, 0.15) is 0 Å². The standard InChI is InChI=1S/C21H33N3O3/c1-17(2)5-3-10-23-11-9-18(7-8-20(23)25)22-12-14-24(15-13-22)21(26)19-6-4-16-27-19/h4,6,16-18H,3,5,7-15H2,1-2H3. The molecule has 1 unspecified atom stereocenters. The van der Waals surface area contributed by atoms with Gasteiger partial charge in [-0.3, -0.25) is 14.5 Å². The van der Waals surface area contributed by atoms with E-state index in [1.165, 1.54) is 6.42 Å². The molecular formula is C21H33N3O3. The largest absolute Gasteiger partial charge is 0.459 e. The minimum atomic E-state index is -0.0213. The molecule has 0 aromatic carbocycles. The summed E-state index contributed by atoms with van der Waals surface area (Å²) >= 11 is 0. The van der Waals surface area contributed by atoms with Crippen molar-refractivity contribution in [2.75, 3.05) is 39.3 Å². The molecule has 0 radical (unpaired) electrons. The molecule has 6 nitrogen and oxygen atoms in total. The SMILES string of the molecule is CC(C)CCCN1CCC(N2CCN(C(=O)c3ccco3)CC2)CCC1=O. The smallest absolute Gasteiger partial charge is 0.289 e. The molecule has 1 aromatic rings. The number of rotatable bonds is 6. The summed E-state index contributed by atoms with van der Waals surface area (Å²) in [7, 11) is 0. The second-order valence-corrected chi connectivity index (χ2v) is 8.20. The monoisotopic (exact) mass is 375 g/mol. The predicted molar refractivity (Wildman–Crippen MR) is 104 cm³/mol. The van der Waals surface area contributed by atoms with E-state index in [-0.39, 0.29) is 5.91 Å². The van der Waals surface area contributed by atoms with Crippen LogP contribution in [0.3, 0.4) is 0 Å². The van der Waals surface area contributed by atoms with Crippen LogP contribution in [-0.4, -0.2) is 71.8 Å². The van der Waals surface area contributed by atoms with E-state index in [1.54, 1.807) is 18.4 Å². The number of nitrogens with zero attached hydrogens (tertiary/aromatic N) is 3. The Morgan fingerprint density at radius 1 is 1.19 bits per heavy atom. The number of hydrogen-bond donors (Lipinski definition) is 0. The van der Waals surface area contributed by atoms with Crippen LogP contribution in [0.2, 0.25) is 0 Å². The predicted octanol–water partition coefficient (Wildman–Crippen LogP) is 2.85. The van der Waals surface area contributed by atoms with Crippen molar-refractivity contribution in [3.63, 3.8) is 0 Å². The number of likely N-dealkylation sites (tertiary alicyclic amines) is 1. The van der Waals surface area contributed by atoms with Crippen molar-refractivity contribution in [3.8, 4) is 0 Å². The van der Waals surface area contributed by atoms with E-state index in [9.17, 15) is 9.59 Å². The van der Waals surface area contributed by atoms with Crippen molar-refractivity contribution >= 4 is 11.8 Å². The first-order valence-corrected chi connectivity index (χ1v) is 10.4. The van der Waals surface area contributed by atoms with Crippen molar-refractivity contribution in [1.29, 1.82) is 0 Å². The lowest BCUT2D eigenvalue weighted by atomic mass is 10.1. The molecule has 3 rings (SSSR count). The summed E-state index contributed by atoms with van der Waals surface area (Å²) in [6.07, 6.45) is 6.45. The van der Waals surface area contributed by atoms with E-state index in [1.807, 2.05) is 4.90 Å². The van der Waals surface area contributed by atoms with Crippen LogP contribution in [0.4, 0.5) is 0 Å². The van der Waals surface area contributed by atoms with Gasteiger partial charge in [-0.1, -0.05) is 13.8 Å². The summed E-state index contributed by atoms with van der Waals surface area (Å²) < 4.78 is 5.23. The van der Waals surface area contributed by atoms with E-state index in [0.29, 0.717) is 30.0 Å². The molecule has 6 heteroatoms. The van der Waals surface area contributed by atoms with Crippen LogP contribution in [0.1, 0.15) is 56.5 Å². The van der Waals surface area contributed by atoms with Crippen molar-refractivity contribution in [1.82, 2.24) is 14.7 Å². The highest BCUT2D eigenvalue weighted by Crippen LogP contribution is 2.21. The van der Waals surface area contributed by atoms with Gasteiger partial charge in [0.05, 0.1) is 6.26 Å². The van der Waals surface area contributed by atoms with Crippen LogP contribution < -0.4 is 0 Å². The zero-order chi connectivity index (χ0) is 19.2. The molecule has 0 N–H and O–H groups in total. The van der Waals surface area contributed by atoms with Crippen LogP contribution in [0.15, 0.2) is 22.8 Å². The fourth-order valence-corrected chi connectivity index (χ4v) is 4.16. The van der Waals surface area contributed by atoms with Gasteiger partial charge in [-0.15, -0.1) is 0 Å². The van der Waals surface area contributed by atoms with Gasteiger partial charge in [-0.25, -0.2) is 0 Å². The van der Waals surface area contributed by atoms with Gasteiger partial charge in [0.2, 0.25) is 5.91 Å². The second kappa shape index (κ2) is 9.40. The maximum atomic E-state index is 12.4. The van der Waals surface area contributed by atoms with Crippen LogP contribution in [0, 0.1) is 5.92 Å². The normalized spacial score (nSPS) is 22.3. The summed E-state index contributed by atoms with van der Waals surface area (Å²) in [6, 6.07) is 3.92. The molecule has 0 bridgehead atoms. The minimum absolute atomic E-state index is 0.0213. The van der Waals surface area contributed by atoms with Gasteiger partial charge < -0.3 is 14.2 Å². The molecule has 0 saturated carbocycles. The summed E-state index contributed by atoms with van der Waals surface area (Å²) in [4.78, 5) is 31.2. The number of furan rings is 1.